The van der Waals surface area contributed by atoms with E-state index in [2.05, 4.69) is 36.4 Å². The summed E-state index contributed by atoms with van der Waals surface area (Å²) in [4.78, 5) is 4.67. The molecule has 0 radical (unpaired) electrons. The minimum Gasteiger partial charge on any atom is -0.321 e. The molecular weight excluding hydrogens is 270 g/mol. The minimum atomic E-state index is -0.162. The summed E-state index contributed by atoms with van der Waals surface area (Å²) in [6.45, 7) is 8.50. The zero-order valence-electron chi connectivity index (χ0n) is 12.4. The molecule has 1 unspecified atom stereocenters. The topological polar surface area (TPSA) is 41.6 Å². The Labute approximate surface area is 125 Å². The van der Waals surface area contributed by atoms with Crippen LogP contribution >= 0.6 is 11.6 Å². The number of nitrogens with zero attached hydrogens (tertiary/aromatic N) is 3. The molecule has 0 aliphatic carbocycles. The van der Waals surface area contributed by atoms with Crippen molar-refractivity contribution in [2.24, 2.45) is 0 Å². The average molecular weight is 290 g/mol. The van der Waals surface area contributed by atoms with Gasteiger partial charge >= 0.3 is 0 Å². The molecule has 2 aromatic rings. The molecule has 4 heteroatoms. The number of aromatic nitrogens is 2. The number of hydrogen-bond acceptors (Lipinski definition) is 2. The van der Waals surface area contributed by atoms with Crippen LogP contribution in [-0.2, 0) is 5.54 Å². The average Bonchev–Trinajstić information content (AvgIpc) is 2.85. The fourth-order valence-corrected chi connectivity index (χ4v) is 2.71. The monoisotopic (exact) mass is 289 g/mol. The van der Waals surface area contributed by atoms with Crippen LogP contribution in [0.15, 0.2) is 18.2 Å². The number of imidazole rings is 1. The van der Waals surface area contributed by atoms with Crippen LogP contribution in [0.5, 0.6) is 0 Å². The molecule has 1 aromatic carbocycles. The number of alkyl halides is 1. The van der Waals surface area contributed by atoms with Crippen LogP contribution in [0.25, 0.3) is 11.0 Å². The molecule has 0 amide bonds. The van der Waals surface area contributed by atoms with E-state index in [0.29, 0.717) is 5.56 Å². The van der Waals surface area contributed by atoms with E-state index in [1.54, 1.807) is 6.07 Å². The molecule has 1 aromatic heterocycles. The molecule has 3 nitrogen and oxygen atoms in total. The lowest BCUT2D eigenvalue weighted by atomic mass is 9.94. The molecular formula is C16H20ClN3. The first-order valence-corrected chi connectivity index (χ1v) is 7.47. The van der Waals surface area contributed by atoms with Gasteiger partial charge in [-0.1, -0.05) is 13.8 Å². The van der Waals surface area contributed by atoms with Crippen molar-refractivity contribution in [2.45, 2.75) is 51.5 Å². The second kappa shape index (κ2) is 5.46. The number of nitriles is 1. The van der Waals surface area contributed by atoms with Gasteiger partial charge in [0.15, 0.2) is 0 Å². The van der Waals surface area contributed by atoms with Crippen LogP contribution in [0, 0.1) is 11.3 Å². The molecule has 0 spiro atoms. The number of halogens is 1. The zero-order chi connectivity index (χ0) is 14.9. The maximum atomic E-state index is 9.12. The van der Waals surface area contributed by atoms with Gasteiger partial charge in [-0.2, -0.15) is 5.26 Å². The zero-order valence-corrected chi connectivity index (χ0v) is 13.2. The van der Waals surface area contributed by atoms with E-state index in [9.17, 15) is 0 Å². The minimum absolute atomic E-state index is 0.0404. The summed E-state index contributed by atoms with van der Waals surface area (Å²) < 4.78 is 2.22. The van der Waals surface area contributed by atoms with Crippen molar-refractivity contribution in [3.05, 3.63) is 29.6 Å². The maximum Gasteiger partial charge on any atom is 0.128 e. The Morgan fingerprint density at radius 1 is 1.40 bits per heavy atom. The third-order valence-electron chi connectivity index (χ3n) is 4.23. The van der Waals surface area contributed by atoms with Gasteiger partial charge < -0.3 is 4.57 Å². The first kappa shape index (κ1) is 14.9. The van der Waals surface area contributed by atoms with Crippen LogP contribution in [0.3, 0.4) is 0 Å². The van der Waals surface area contributed by atoms with Gasteiger partial charge in [-0.15, -0.1) is 11.6 Å². The van der Waals surface area contributed by atoms with E-state index >= 15 is 0 Å². The van der Waals surface area contributed by atoms with Gasteiger partial charge in [0, 0.05) is 5.54 Å². The smallest absolute Gasteiger partial charge is 0.128 e. The van der Waals surface area contributed by atoms with Gasteiger partial charge in [0.2, 0.25) is 0 Å². The summed E-state index contributed by atoms with van der Waals surface area (Å²) in [5, 5.41) is 8.95. The quantitative estimate of drug-likeness (QED) is 0.763. The summed E-state index contributed by atoms with van der Waals surface area (Å²) in [5.41, 5.74) is 2.51. The van der Waals surface area contributed by atoms with Crippen LogP contribution in [0.4, 0.5) is 0 Å². The molecule has 0 aliphatic rings. The highest BCUT2D eigenvalue weighted by Gasteiger charge is 2.29. The lowest BCUT2D eigenvalue weighted by Crippen LogP contribution is -2.30. The molecule has 20 heavy (non-hydrogen) atoms. The van der Waals surface area contributed by atoms with Gasteiger partial charge in [-0.3, -0.25) is 0 Å². The third-order valence-corrected chi connectivity index (χ3v) is 4.42. The standard InChI is InChI=1S/C16H20ClN3/c1-5-16(4,6-2)20-14-9-12(10-18)7-8-13(14)19-15(20)11(3)17/h7-9,11H,5-6H2,1-4H3. The summed E-state index contributed by atoms with van der Waals surface area (Å²) in [6, 6.07) is 7.81. The summed E-state index contributed by atoms with van der Waals surface area (Å²) in [6.07, 6.45) is 1.98. The predicted molar refractivity (Wildman–Crippen MR) is 82.9 cm³/mol. The summed E-state index contributed by atoms with van der Waals surface area (Å²) >= 11 is 6.33. The van der Waals surface area contributed by atoms with Crippen LogP contribution in [0.1, 0.15) is 57.3 Å². The molecule has 0 N–H and O–H groups in total. The van der Waals surface area contributed by atoms with E-state index in [1.807, 2.05) is 19.1 Å². The van der Waals surface area contributed by atoms with E-state index in [1.165, 1.54) is 0 Å². The van der Waals surface area contributed by atoms with Gasteiger partial charge in [0.05, 0.1) is 28.0 Å². The van der Waals surface area contributed by atoms with Crippen molar-refractivity contribution < 1.29 is 0 Å². The maximum absolute atomic E-state index is 9.12. The van der Waals surface area contributed by atoms with E-state index in [4.69, 9.17) is 16.9 Å². The van der Waals surface area contributed by atoms with Crippen LogP contribution < -0.4 is 0 Å². The Kier molecular flexibility index (Phi) is 4.06. The molecule has 1 heterocycles. The molecule has 0 aliphatic heterocycles. The lowest BCUT2D eigenvalue weighted by Gasteiger charge is -2.32. The predicted octanol–water partition coefficient (Wildman–Crippen LogP) is 4.74. The van der Waals surface area contributed by atoms with Crippen LogP contribution in [-0.4, -0.2) is 9.55 Å². The van der Waals surface area contributed by atoms with Crippen LogP contribution in [0.2, 0.25) is 0 Å². The largest absolute Gasteiger partial charge is 0.321 e. The van der Waals surface area contributed by atoms with Gasteiger partial charge in [-0.05, 0) is 44.9 Å². The first-order valence-electron chi connectivity index (χ1n) is 7.04. The first-order chi connectivity index (χ1) is 9.46. The Hall–Kier alpha value is -1.53. The van der Waals surface area contributed by atoms with Gasteiger partial charge in [0.25, 0.3) is 0 Å². The highest BCUT2D eigenvalue weighted by atomic mass is 35.5. The van der Waals surface area contributed by atoms with E-state index in [0.717, 1.165) is 29.7 Å². The fourth-order valence-electron chi connectivity index (χ4n) is 2.56. The Bertz CT molecular complexity index is 660. The third kappa shape index (κ3) is 2.29. The van der Waals surface area contributed by atoms with Crippen molar-refractivity contribution in [3.63, 3.8) is 0 Å². The number of fused-ring (bicyclic) bond motifs is 1. The number of rotatable bonds is 4. The molecule has 2 rings (SSSR count). The highest BCUT2D eigenvalue weighted by molar-refractivity contribution is 6.20. The molecule has 106 valence electrons. The van der Waals surface area contributed by atoms with Crippen molar-refractivity contribution in [1.29, 1.82) is 5.26 Å². The molecule has 0 bridgehead atoms. The van der Waals surface area contributed by atoms with Crippen molar-refractivity contribution in [2.75, 3.05) is 0 Å². The number of hydrogen-bond donors (Lipinski definition) is 0. The normalized spacial score (nSPS) is 13.4. The molecule has 0 saturated heterocycles. The molecule has 1 atom stereocenters. The summed E-state index contributed by atoms with van der Waals surface area (Å²) in [7, 11) is 0. The Morgan fingerprint density at radius 2 is 2.05 bits per heavy atom. The van der Waals surface area contributed by atoms with Crippen molar-refractivity contribution >= 4 is 22.6 Å². The molecule has 0 fully saturated rings. The fraction of sp³-hybridized carbons (Fsp3) is 0.500. The Balaban J connectivity index is 2.83. The second-order valence-corrected chi connectivity index (χ2v) is 6.10. The van der Waals surface area contributed by atoms with Gasteiger partial charge in [0.1, 0.15) is 5.82 Å². The van der Waals surface area contributed by atoms with Crippen molar-refractivity contribution in [1.82, 2.24) is 9.55 Å². The highest BCUT2D eigenvalue weighted by Crippen LogP contribution is 2.35. The van der Waals surface area contributed by atoms with Crippen molar-refractivity contribution in [3.8, 4) is 6.07 Å². The number of benzene rings is 1. The van der Waals surface area contributed by atoms with E-state index in [-0.39, 0.29) is 10.9 Å². The second-order valence-electron chi connectivity index (χ2n) is 5.44. The Morgan fingerprint density at radius 3 is 2.55 bits per heavy atom. The van der Waals surface area contributed by atoms with Gasteiger partial charge in [-0.25, -0.2) is 4.98 Å². The van der Waals surface area contributed by atoms with E-state index < -0.39 is 0 Å². The summed E-state index contributed by atoms with van der Waals surface area (Å²) in [5.74, 6) is 0.878. The molecule has 0 saturated carbocycles. The SMILES string of the molecule is CCC(C)(CC)n1c(C(C)Cl)nc2ccc(C#N)cc21. The lowest BCUT2D eigenvalue weighted by molar-refractivity contribution is 0.293.